The van der Waals surface area contributed by atoms with E-state index in [0.29, 0.717) is 137 Å². The first-order valence-electron chi connectivity index (χ1n) is 40.6. The van der Waals surface area contributed by atoms with E-state index in [1.807, 2.05) is 211 Å². The lowest BCUT2D eigenvalue weighted by molar-refractivity contribution is -0.152. The topological polar surface area (TPSA) is 328 Å². The number of piperidine rings is 2. The molecule has 0 spiro atoms. The van der Waals surface area contributed by atoms with Crippen molar-refractivity contribution in [3.05, 3.63) is 175 Å². The fraction of sp³-hybridized carbons (Fsp3) is 0.574. The molecular weight excluding hydrogens is 1660 g/mol. The number of ether oxygens (including phenoxy) is 11. The fourth-order valence-electron chi connectivity index (χ4n) is 12.4. The van der Waals surface area contributed by atoms with Gasteiger partial charge < -0.3 is 67.4 Å². The highest BCUT2D eigenvalue weighted by Gasteiger charge is 2.42. The quantitative estimate of drug-likeness (QED) is 0.0224. The second-order valence-corrected chi connectivity index (χ2v) is 36.4. The van der Waals surface area contributed by atoms with Crippen LogP contribution in [0.2, 0.25) is 0 Å². The number of nitrogens with zero attached hydrogens (tertiary/aromatic N) is 4. The summed E-state index contributed by atoms with van der Waals surface area (Å²) in [6.07, 6.45) is 6.49. The number of hydrogen-bond donors (Lipinski definition) is 2. The van der Waals surface area contributed by atoms with Crippen LogP contribution < -0.4 is 5.32 Å². The lowest BCUT2D eigenvalue weighted by Crippen LogP contribution is -2.46. The zero-order valence-corrected chi connectivity index (χ0v) is 77.4. The van der Waals surface area contributed by atoms with Gasteiger partial charge in [0.15, 0.2) is 0 Å². The number of nitrogens with one attached hydrogen (secondary N) is 1. The Morgan fingerprint density at radius 3 is 1.06 bits per heavy atom. The number of methoxy groups -OCH3 is 4. The molecule has 0 aromatic heterocycles. The van der Waals surface area contributed by atoms with Gasteiger partial charge in [-0.25, -0.2) is 4.79 Å². The zero-order valence-electron chi connectivity index (χ0n) is 74.3. The molecule has 2 N–H and O–H groups in total. The molecule has 24 nitrogen and oxygen atoms in total. The predicted molar refractivity (Wildman–Crippen MR) is 466 cm³/mol. The van der Waals surface area contributed by atoms with E-state index in [9.17, 15) is 44.1 Å². The number of carbonyl (C=O) groups is 7. The number of carboxylic acid groups (broad SMARTS) is 1. The van der Waals surface area contributed by atoms with Gasteiger partial charge in [0, 0.05) is 55.1 Å². The van der Waals surface area contributed by atoms with Crippen LogP contribution >= 0.6 is 31.9 Å². The maximum Gasteiger partial charge on any atom is 0.410 e. The summed E-state index contributed by atoms with van der Waals surface area (Å²) >= 11 is 6.91. The molecule has 3 fully saturated rings. The monoisotopic (exact) mass is 1790 g/mol. The molecule has 0 radical (unpaired) electrons. The number of amides is 1. The molecule has 5 aromatic rings. The van der Waals surface area contributed by atoms with E-state index in [4.69, 9.17) is 62.5 Å². The standard InChI is InChI=1S/C25H36N2O5.C20H28N2O3.C16H21NO3.C14H19BrO3.C13H17BrO3.C6H10O2/c1-23(2,3)32-22(29)27-14-11-25(18-26,12-15-27)20-10-8-7-9-19(20)17-31-16-13-24(4,5)21(28)30-6;1-19(2,18(23)24-3)10-13-25-14-16-6-4-5-7-17(16)20(15-21)8-11-22-12-9-20;1-16(2,15(18)19-3)9-11-20-12-14-7-5-4-6-13(14)8-10-17;1-14(2,13(16)17-3)8-9-18-10-11-6-4-5-7-12(11)15;1-13(2,12(15)16)7-8-17-9-10-5-3-4-6-11(10)14;1-6(2)3-4-8-5(6)7/h7-10H,11-17H2,1-6H3;4-7,22H,8-14H2,1-3H3;4-7H,8-9,11-12H2,1-3H3;4-7H,8-10H2,1-3H3;3-6H,7-9H2,1-2H3,(H,15,16);3-4H2,1-2H3. The second kappa shape index (κ2) is 51.3. The van der Waals surface area contributed by atoms with Crippen molar-refractivity contribution in [3.8, 4) is 18.2 Å². The van der Waals surface area contributed by atoms with Gasteiger partial charge in [0.25, 0.3) is 0 Å². The molecule has 660 valence electrons. The van der Waals surface area contributed by atoms with Crippen LogP contribution in [-0.2, 0) is 131 Å². The molecule has 0 saturated carbocycles. The third kappa shape index (κ3) is 35.8. The molecular formula is C94H131Br2N5O19. The van der Waals surface area contributed by atoms with Gasteiger partial charge in [-0.05, 0) is 238 Å². The molecule has 8 rings (SSSR count). The van der Waals surface area contributed by atoms with Crippen molar-refractivity contribution in [1.29, 1.82) is 15.8 Å². The number of aliphatic carboxylic acids is 1. The van der Waals surface area contributed by atoms with E-state index < -0.39 is 49.5 Å². The minimum absolute atomic E-state index is 0.0579. The van der Waals surface area contributed by atoms with Gasteiger partial charge >= 0.3 is 41.9 Å². The number of halogens is 2. The van der Waals surface area contributed by atoms with E-state index in [1.165, 1.54) is 28.4 Å². The van der Waals surface area contributed by atoms with Crippen molar-refractivity contribution in [3.63, 3.8) is 0 Å². The summed E-state index contributed by atoms with van der Waals surface area (Å²) in [5.41, 5.74) is 3.40. The maximum atomic E-state index is 12.4. The Morgan fingerprint density at radius 1 is 0.450 bits per heavy atom. The van der Waals surface area contributed by atoms with E-state index >= 15 is 0 Å². The predicted octanol–water partition coefficient (Wildman–Crippen LogP) is 18.4. The van der Waals surface area contributed by atoms with Crippen LogP contribution in [0, 0.1) is 66.5 Å². The average molecular weight is 1790 g/mol. The van der Waals surface area contributed by atoms with Gasteiger partial charge in [-0.15, -0.1) is 0 Å². The maximum absolute atomic E-state index is 12.4. The number of carbonyl (C=O) groups excluding carboxylic acids is 6. The first-order chi connectivity index (χ1) is 56.4. The molecule has 3 heterocycles. The highest BCUT2D eigenvalue weighted by molar-refractivity contribution is 9.10. The molecule has 26 heteroatoms. The van der Waals surface area contributed by atoms with Crippen molar-refractivity contribution in [2.75, 3.05) is 94.3 Å². The normalized spacial score (nSPS) is 14.7. The first kappa shape index (κ1) is 106. The summed E-state index contributed by atoms with van der Waals surface area (Å²) in [7, 11) is 5.59. The molecule has 3 saturated heterocycles. The first-order valence-corrected chi connectivity index (χ1v) is 42.2. The largest absolute Gasteiger partial charge is 0.481 e. The summed E-state index contributed by atoms with van der Waals surface area (Å²) in [6, 6.07) is 46.6. The highest BCUT2D eigenvalue weighted by atomic mass is 79.9. The van der Waals surface area contributed by atoms with Crippen molar-refractivity contribution in [2.45, 2.75) is 224 Å². The van der Waals surface area contributed by atoms with Gasteiger partial charge in [0.05, 0.1) is 136 Å². The van der Waals surface area contributed by atoms with Crippen molar-refractivity contribution in [2.24, 2.45) is 32.5 Å². The average Bonchev–Trinajstić information content (AvgIpc) is 1.20. The van der Waals surface area contributed by atoms with Gasteiger partial charge in [-0.1, -0.05) is 141 Å². The van der Waals surface area contributed by atoms with Crippen LogP contribution in [0.3, 0.4) is 0 Å². The number of carboxylic acids is 1. The Morgan fingerprint density at radius 2 is 0.758 bits per heavy atom. The smallest absolute Gasteiger partial charge is 0.410 e. The van der Waals surface area contributed by atoms with E-state index in [2.05, 4.69) is 55.4 Å². The Hall–Kier alpha value is -8.62. The lowest BCUT2D eigenvalue weighted by atomic mass is 9.72. The molecule has 0 unspecified atom stereocenters. The van der Waals surface area contributed by atoms with Gasteiger partial charge in [0.1, 0.15) is 5.60 Å². The van der Waals surface area contributed by atoms with E-state index in [-0.39, 0.29) is 41.4 Å². The summed E-state index contributed by atoms with van der Waals surface area (Å²) < 4.78 is 59.8. The molecule has 0 bridgehead atoms. The lowest BCUT2D eigenvalue weighted by Gasteiger charge is -2.38. The van der Waals surface area contributed by atoms with Crippen molar-refractivity contribution >= 4 is 73.8 Å². The van der Waals surface area contributed by atoms with Gasteiger partial charge in [0.2, 0.25) is 0 Å². The van der Waals surface area contributed by atoms with E-state index in [0.717, 1.165) is 85.8 Å². The summed E-state index contributed by atoms with van der Waals surface area (Å²) in [6.45, 7) is 35.4. The number of hydrogen-bond acceptors (Lipinski definition) is 22. The number of benzene rings is 5. The van der Waals surface area contributed by atoms with Crippen molar-refractivity contribution < 1.29 is 90.8 Å². The van der Waals surface area contributed by atoms with Gasteiger partial charge in [-0.3, -0.25) is 28.8 Å². The summed E-state index contributed by atoms with van der Waals surface area (Å²) in [4.78, 5) is 82.2. The molecule has 3 aliphatic rings. The van der Waals surface area contributed by atoms with Crippen LogP contribution in [0.5, 0.6) is 0 Å². The minimum Gasteiger partial charge on any atom is -0.481 e. The summed E-state index contributed by atoms with van der Waals surface area (Å²) in [5, 5.41) is 41.0. The minimum atomic E-state index is -0.790. The molecule has 3 aliphatic heterocycles. The summed E-state index contributed by atoms with van der Waals surface area (Å²) in [5.74, 6) is -1.77. The SMILES string of the molecule is CC(C)(CCOCc1ccccc1Br)C(=O)O.CC1(C)CCOC1=O.COC(=O)C(C)(C)CCOCc1ccccc1Br.COC(=O)C(C)(C)CCOCc1ccccc1C1(C#N)CCN(C(=O)OC(C)(C)C)CC1.COC(=O)C(C)(C)CCOCc1ccccc1C1(C#N)CCNCC1.COC(=O)C(C)(C)CCOCc1ccccc1CC#N. The second-order valence-electron chi connectivity index (χ2n) is 34.7. The third-order valence-electron chi connectivity index (χ3n) is 21.2. The number of rotatable bonds is 33. The third-order valence-corrected chi connectivity index (χ3v) is 22.8. The fourth-order valence-corrected chi connectivity index (χ4v) is 13.2. The number of likely N-dealkylation sites (tertiary alicyclic amines) is 1. The molecule has 5 aromatic carbocycles. The molecule has 120 heavy (non-hydrogen) atoms. The number of nitriles is 3. The van der Waals surface area contributed by atoms with E-state index in [1.54, 1.807) is 18.7 Å². The van der Waals surface area contributed by atoms with Crippen LogP contribution in [-0.4, -0.2) is 152 Å². The Kier molecular flexibility index (Phi) is 45.2. The van der Waals surface area contributed by atoms with Crippen molar-refractivity contribution in [1.82, 2.24) is 10.2 Å². The van der Waals surface area contributed by atoms with Crippen LogP contribution in [0.1, 0.15) is 213 Å². The number of cyclic esters (lactones) is 1. The highest BCUT2D eigenvalue weighted by Crippen LogP contribution is 2.39. The Balaban J connectivity index is 0.000000385. The molecule has 0 aliphatic carbocycles. The Bertz CT molecular complexity index is 4170. The van der Waals surface area contributed by atoms with Crippen LogP contribution in [0.15, 0.2) is 130 Å². The van der Waals surface area contributed by atoms with Crippen LogP contribution in [0.25, 0.3) is 0 Å². The zero-order chi connectivity index (χ0) is 90.0. The molecule has 0 atom stereocenters. The molecule has 1 amide bonds. The van der Waals surface area contributed by atoms with Gasteiger partial charge in [-0.2, -0.15) is 15.8 Å². The Labute approximate surface area is 729 Å². The number of esters is 5. The van der Waals surface area contributed by atoms with Crippen LogP contribution in [0.4, 0.5) is 4.79 Å².